The fraction of sp³-hybridized carbons (Fsp3) is 0.414. The Morgan fingerprint density at radius 2 is 1.93 bits per heavy atom. The molecule has 3 amide bonds. The number of hydrogen-bond acceptors (Lipinski definition) is 8. The quantitative estimate of drug-likeness (QED) is 0.205. The van der Waals surface area contributed by atoms with Crippen LogP contribution < -0.4 is 16.0 Å². The van der Waals surface area contributed by atoms with E-state index in [1.807, 2.05) is 19.1 Å². The van der Waals surface area contributed by atoms with Gasteiger partial charge in [-0.1, -0.05) is 17.8 Å². The second-order valence-electron chi connectivity index (χ2n) is 9.64. The van der Waals surface area contributed by atoms with E-state index in [4.69, 9.17) is 0 Å². The van der Waals surface area contributed by atoms with Gasteiger partial charge in [-0.25, -0.2) is 0 Å². The van der Waals surface area contributed by atoms with Crippen LogP contribution >= 0.6 is 11.8 Å². The van der Waals surface area contributed by atoms with Crippen LogP contribution in [0.2, 0.25) is 0 Å². The van der Waals surface area contributed by atoms with E-state index >= 15 is 0 Å². The van der Waals surface area contributed by atoms with Crippen LogP contribution in [0.4, 0.5) is 5.69 Å². The Balaban J connectivity index is 1.33. The number of carbonyl (C=O) groups excluding carboxylic acids is 3. The van der Waals surface area contributed by atoms with E-state index in [2.05, 4.69) is 25.8 Å². The molecule has 40 heavy (non-hydrogen) atoms. The van der Waals surface area contributed by atoms with Crippen molar-refractivity contribution in [2.75, 3.05) is 44.6 Å². The molecule has 0 bridgehead atoms. The lowest BCUT2D eigenvalue weighted by atomic mass is 10.2. The van der Waals surface area contributed by atoms with Crippen molar-refractivity contribution in [3.05, 3.63) is 70.5 Å². The molecule has 2 aliphatic rings. The maximum absolute atomic E-state index is 13.1. The van der Waals surface area contributed by atoms with Gasteiger partial charge in [0.05, 0.1) is 0 Å². The van der Waals surface area contributed by atoms with Crippen molar-refractivity contribution < 1.29 is 14.4 Å². The Kier molecular flexibility index (Phi) is 10.5. The molecule has 0 aliphatic carbocycles. The minimum Gasteiger partial charge on any atom is -0.383 e. The SMILES string of the molecule is CCN1C(=O)C(CNc2cccc(C(=O)NCCCN3CCCC3)c2)S/C1=C(/C#N)C(=O)NCc1ccncc1. The van der Waals surface area contributed by atoms with Crippen molar-refractivity contribution in [2.45, 2.75) is 38.0 Å². The van der Waals surface area contributed by atoms with Gasteiger partial charge >= 0.3 is 0 Å². The van der Waals surface area contributed by atoms with E-state index in [1.165, 1.54) is 29.5 Å². The van der Waals surface area contributed by atoms with Crippen LogP contribution in [0, 0.1) is 11.3 Å². The molecule has 10 nitrogen and oxygen atoms in total. The lowest BCUT2D eigenvalue weighted by Gasteiger charge is -2.16. The van der Waals surface area contributed by atoms with Crippen LogP contribution in [0.1, 0.15) is 42.1 Å². The molecule has 2 saturated heterocycles. The highest BCUT2D eigenvalue weighted by molar-refractivity contribution is 8.04. The number of carbonyl (C=O) groups is 3. The molecule has 2 fully saturated rings. The van der Waals surface area contributed by atoms with Crippen molar-refractivity contribution in [3.8, 4) is 6.07 Å². The highest BCUT2D eigenvalue weighted by Gasteiger charge is 2.38. The van der Waals surface area contributed by atoms with Gasteiger partial charge in [0.1, 0.15) is 21.9 Å². The summed E-state index contributed by atoms with van der Waals surface area (Å²) >= 11 is 1.20. The van der Waals surface area contributed by atoms with Gasteiger partial charge in [0.2, 0.25) is 5.91 Å². The zero-order valence-corrected chi connectivity index (χ0v) is 23.5. The summed E-state index contributed by atoms with van der Waals surface area (Å²) in [5, 5.41) is 18.6. The van der Waals surface area contributed by atoms with Crippen LogP contribution in [-0.4, -0.2) is 77.0 Å². The number of nitriles is 1. The number of pyridine rings is 1. The molecule has 3 N–H and O–H groups in total. The largest absolute Gasteiger partial charge is 0.383 e. The molecule has 210 valence electrons. The molecule has 0 radical (unpaired) electrons. The zero-order valence-electron chi connectivity index (χ0n) is 22.7. The van der Waals surface area contributed by atoms with E-state index in [1.54, 1.807) is 42.7 Å². The first-order chi connectivity index (χ1) is 19.5. The molecule has 4 rings (SSSR count). The number of anilines is 1. The Labute approximate surface area is 239 Å². The van der Waals surface area contributed by atoms with Crippen molar-refractivity contribution in [2.24, 2.45) is 0 Å². The first kappa shape index (κ1) is 29.1. The summed E-state index contributed by atoms with van der Waals surface area (Å²) < 4.78 is 0. The number of thioether (sulfide) groups is 1. The van der Waals surface area contributed by atoms with Gasteiger partial charge in [0, 0.05) is 49.8 Å². The summed E-state index contributed by atoms with van der Waals surface area (Å²) in [5.41, 5.74) is 2.03. The lowest BCUT2D eigenvalue weighted by molar-refractivity contribution is -0.127. The number of hydrogen-bond donors (Lipinski definition) is 3. The van der Waals surface area contributed by atoms with Crippen molar-refractivity contribution >= 4 is 35.2 Å². The number of nitrogens with one attached hydrogen (secondary N) is 3. The highest BCUT2D eigenvalue weighted by Crippen LogP contribution is 2.37. The van der Waals surface area contributed by atoms with Crippen LogP contribution in [0.25, 0.3) is 0 Å². The molecular formula is C29H35N7O3S. The second kappa shape index (κ2) is 14.5. The van der Waals surface area contributed by atoms with Gasteiger partial charge in [-0.2, -0.15) is 5.26 Å². The molecule has 2 aromatic rings. The summed E-state index contributed by atoms with van der Waals surface area (Å²) in [6, 6.07) is 12.7. The van der Waals surface area contributed by atoms with Gasteiger partial charge in [-0.3, -0.25) is 19.4 Å². The van der Waals surface area contributed by atoms with Gasteiger partial charge in [0.25, 0.3) is 11.8 Å². The third-order valence-electron chi connectivity index (χ3n) is 6.86. The van der Waals surface area contributed by atoms with Gasteiger partial charge in [-0.15, -0.1) is 0 Å². The smallest absolute Gasteiger partial charge is 0.264 e. The standard InChI is InChI=1S/C29H35N7O3S/c1-2-36-28(39)25(40-29(36)24(18-30)27(38)34-19-21-9-12-31-13-10-21)20-33-23-8-5-7-22(17-23)26(37)32-11-6-16-35-14-3-4-15-35/h5,7-10,12-13,17,25,33H,2-4,6,11,14-16,19-20H2,1H3,(H,32,37)(H,34,38)/b29-24-. The van der Waals surface area contributed by atoms with Crippen molar-refractivity contribution in [1.29, 1.82) is 5.26 Å². The maximum Gasteiger partial charge on any atom is 0.264 e. The van der Waals surface area contributed by atoms with E-state index in [0.29, 0.717) is 29.4 Å². The normalized spacial score (nSPS) is 18.4. The molecule has 1 unspecified atom stereocenters. The summed E-state index contributed by atoms with van der Waals surface area (Å²) in [4.78, 5) is 46.5. The van der Waals surface area contributed by atoms with E-state index in [0.717, 1.165) is 31.6 Å². The highest BCUT2D eigenvalue weighted by atomic mass is 32.2. The van der Waals surface area contributed by atoms with E-state index < -0.39 is 11.2 Å². The average Bonchev–Trinajstić information content (AvgIpc) is 3.61. The van der Waals surface area contributed by atoms with Crippen LogP contribution in [-0.2, 0) is 16.1 Å². The van der Waals surface area contributed by atoms with Crippen LogP contribution in [0.15, 0.2) is 59.4 Å². The lowest BCUT2D eigenvalue weighted by Crippen LogP contribution is -2.33. The summed E-state index contributed by atoms with van der Waals surface area (Å²) in [7, 11) is 0. The monoisotopic (exact) mass is 561 g/mol. The number of likely N-dealkylation sites (tertiary alicyclic amines) is 1. The van der Waals surface area contributed by atoms with E-state index in [9.17, 15) is 19.6 Å². The third-order valence-corrected chi connectivity index (χ3v) is 8.16. The predicted octanol–water partition coefficient (Wildman–Crippen LogP) is 2.72. The zero-order chi connectivity index (χ0) is 28.3. The summed E-state index contributed by atoms with van der Waals surface area (Å²) in [6.45, 7) is 6.60. The van der Waals surface area contributed by atoms with Crippen LogP contribution in [0.5, 0.6) is 0 Å². The fourth-order valence-corrected chi connectivity index (χ4v) is 5.97. The van der Waals surface area contributed by atoms with Crippen molar-refractivity contribution in [3.63, 3.8) is 0 Å². The number of amides is 3. The number of rotatable bonds is 12. The fourth-order valence-electron chi connectivity index (χ4n) is 4.71. The van der Waals surface area contributed by atoms with Crippen LogP contribution in [0.3, 0.4) is 0 Å². The molecule has 1 aromatic heterocycles. The number of nitrogens with zero attached hydrogens (tertiary/aromatic N) is 4. The first-order valence-electron chi connectivity index (χ1n) is 13.6. The Morgan fingerprint density at radius 1 is 1.15 bits per heavy atom. The van der Waals surface area contributed by atoms with Crippen molar-refractivity contribution in [1.82, 2.24) is 25.4 Å². The molecule has 1 aromatic carbocycles. The molecule has 0 spiro atoms. The Hall–Kier alpha value is -3.88. The summed E-state index contributed by atoms with van der Waals surface area (Å²) in [6.07, 6.45) is 6.69. The Morgan fingerprint density at radius 3 is 2.65 bits per heavy atom. The molecule has 3 heterocycles. The van der Waals surface area contributed by atoms with Gasteiger partial charge in [0.15, 0.2) is 0 Å². The molecule has 11 heteroatoms. The number of benzene rings is 1. The molecule has 1 atom stereocenters. The van der Waals surface area contributed by atoms with E-state index in [-0.39, 0.29) is 30.5 Å². The maximum atomic E-state index is 13.1. The third kappa shape index (κ3) is 7.61. The Bertz CT molecular complexity index is 1270. The second-order valence-corrected chi connectivity index (χ2v) is 10.8. The molecule has 2 aliphatic heterocycles. The number of aromatic nitrogens is 1. The topological polar surface area (TPSA) is 130 Å². The molecule has 0 saturated carbocycles. The van der Waals surface area contributed by atoms with Gasteiger partial charge < -0.3 is 25.8 Å². The molecular weight excluding hydrogens is 526 g/mol. The minimum absolute atomic E-state index is 0.0832. The first-order valence-corrected chi connectivity index (χ1v) is 14.5. The summed E-state index contributed by atoms with van der Waals surface area (Å²) in [5.74, 6) is -0.826. The minimum atomic E-state index is -0.527. The predicted molar refractivity (Wildman–Crippen MR) is 155 cm³/mol. The van der Waals surface area contributed by atoms with Gasteiger partial charge in [-0.05, 0) is 81.7 Å². The average molecular weight is 562 g/mol.